The normalized spacial score (nSPS) is 10.5. The molecule has 0 aliphatic heterocycles. The summed E-state index contributed by atoms with van der Waals surface area (Å²) in [6.45, 7) is 0.612. The van der Waals surface area contributed by atoms with Crippen molar-refractivity contribution < 1.29 is 4.39 Å². The third kappa shape index (κ3) is 2.84. The highest BCUT2D eigenvalue weighted by atomic mass is 35.5. The highest BCUT2D eigenvalue weighted by molar-refractivity contribution is 6.33. The minimum absolute atomic E-state index is 0.322. The molecule has 0 radical (unpaired) electrons. The summed E-state index contributed by atoms with van der Waals surface area (Å²) in [6.07, 6.45) is 0.826. The number of nitrogens with two attached hydrogens (primary N) is 1. The second-order valence-corrected chi connectivity index (χ2v) is 4.27. The third-order valence-corrected chi connectivity index (χ3v) is 2.91. The number of benzene rings is 2. The summed E-state index contributed by atoms with van der Waals surface area (Å²) in [5.41, 5.74) is 8.51. The van der Waals surface area contributed by atoms with Gasteiger partial charge in [-0.2, -0.15) is 0 Å². The van der Waals surface area contributed by atoms with Gasteiger partial charge >= 0.3 is 0 Å². The molecule has 0 aliphatic rings. The first kappa shape index (κ1) is 12.1. The molecule has 0 spiro atoms. The maximum Gasteiger partial charge on any atom is 0.124 e. The molecule has 2 aromatic carbocycles. The lowest BCUT2D eigenvalue weighted by Crippen LogP contribution is -2.02. The predicted octanol–water partition coefficient (Wildman–Crippen LogP) is 3.65. The lowest BCUT2D eigenvalue weighted by atomic mass is 10.0. The number of hydrogen-bond donors (Lipinski definition) is 1. The molecular weight excluding hydrogens is 237 g/mol. The van der Waals surface area contributed by atoms with Crippen molar-refractivity contribution in [1.29, 1.82) is 0 Å². The van der Waals surface area contributed by atoms with E-state index in [1.54, 1.807) is 6.07 Å². The van der Waals surface area contributed by atoms with Gasteiger partial charge < -0.3 is 5.73 Å². The molecule has 0 amide bonds. The summed E-state index contributed by atoms with van der Waals surface area (Å²) in [6, 6.07) is 12.4. The fourth-order valence-electron chi connectivity index (χ4n) is 1.78. The van der Waals surface area contributed by atoms with E-state index in [9.17, 15) is 4.39 Å². The molecule has 17 heavy (non-hydrogen) atoms. The van der Waals surface area contributed by atoms with E-state index in [1.807, 2.05) is 24.3 Å². The van der Waals surface area contributed by atoms with Crippen molar-refractivity contribution in [1.82, 2.24) is 0 Å². The maximum absolute atomic E-state index is 13.0. The molecule has 0 saturated carbocycles. The van der Waals surface area contributed by atoms with Crippen LogP contribution in [0.15, 0.2) is 42.5 Å². The van der Waals surface area contributed by atoms with Crippen molar-refractivity contribution >= 4 is 11.6 Å². The van der Waals surface area contributed by atoms with Crippen molar-refractivity contribution in [3.8, 4) is 11.1 Å². The van der Waals surface area contributed by atoms with Gasteiger partial charge in [0.25, 0.3) is 0 Å². The summed E-state index contributed by atoms with van der Waals surface area (Å²) in [5, 5.41) is 0.426. The van der Waals surface area contributed by atoms with Gasteiger partial charge in [0.1, 0.15) is 5.82 Å². The summed E-state index contributed by atoms with van der Waals surface area (Å²) >= 11 is 6.03. The summed E-state index contributed by atoms with van der Waals surface area (Å²) in [5.74, 6) is -0.322. The van der Waals surface area contributed by atoms with E-state index in [4.69, 9.17) is 17.3 Å². The van der Waals surface area contributed by atoms with Crippen LogP contribution in [0.1, 0.15) is 5.56 Å². The van der Waals surface area contributed by atoms with Crippen molar-refractivity contribution in [3.63, 3.8) is 0 Å². The Kier molecular flexibility index (Phi) is 3.77. The molecule has 0 aromatic heterocycles. The number of halogens is 2. The fraction of sp³-hybridized carbons (Fsp3) is 0.143. The average Bonchev–Trinajstić information content (AvgIpc) is 2.29. The van der Waals surface area contributed by atoms with E-state index in [0.29, 0.717) is 11.6 Å². The van der Waals surface area contributed by atoms with E-state index in [-0.39, 0.29) is 5.82 Å². The Hall–Kier alpha value is -1.38. The first-order chi connectivity index (χ1) is 8.20. The van der Waals surface area contributed by atoms with Gasteiger partial charge in [0.05, 0.1) is 5.02 Å². The molecule has 0 bridgehead atoms. The highest BCUT2D eigenvalue weighted by Crippen LogP contribution is 2.28. The quantitative estimate of drug-likeness (QED) is 0.883. The van der Waals surface area contributed by atoms with Gasteiger partial charge in [-0.3, -0.25) is 0 Å². The molecule has 1 nitrogen and oxygen atoms in total. The van der Waals surface area contributed by atoms with Crippen LogP contribution in [0.3, 0.4) is 0 Å². The van der Waals surface area contributed by atoms with Crippen LogP contribution in [0, 0.1) is 5.82 Å². The Morgan fingerprint density at radius 3 is 2.65 bits per heavy atom. The molecule has 0 aliphatic carbocycles. The van der Waals surface area contributed by atoms with E-state index >= 15 is 0 Å². The van der Waals surface area contributed by atoms with Gasteiger partial charge in [0, 0.05) is 5.56 Å². The molecule has 0 atom stereocenters. The molecule has 0 unspecified atom stereocenters. The first-order valence-corrected chi connectivity index (χ1v) is 5.83. The Morgan fingerprint density at radius 1 is 1.12 bits per heavy atom. The molecular formula is C14H13ClFN. The predicted molar refractivity (Wildman–Crippen MR) is 69.6 cm³/mol. The Bertz CT molecular complexity index is 525. The van der Waals surface area contributed by atoms with Gasteiger partial charge in [-0.05, 0) is 42.3 Å². The van der Waals surface area contributed by atoms with Crippen LogP contribution in [0.5, 0.6) is 0 Å². The Morgan fingerprint density at radius 2 is 1.94 bits per heavy atom. The van der Waals surface area contributed by atoms with Gasteiger partial charge in [-0.25, -0.2) is 4.39 Å². The maximum atomic E-state index is 13.0. The Balaban J connectivity index is 2.42. The fourth-order valence-corrected chi connectivity index (χ4v) is 2.06. The van der Waals surface area contributed by atoms with Crippen LogP contribution < -0.4 is 5.73 Å². The van der Waals surface area contributed by atoms with Crippen LogP contribution in [0.2, 0.25) is 5.02 Å². The van der Waals surface area contributed by atoms with Crippen LogP contribution in [0.25, 0.3) is 11.1 Å². The van der Waals surface area contributed by atoms with Crippen molar-refractivity contribution in [2.24, 2.45) is 5.73 Å². The average molecular weight is 250 g/mol. The second kappa shape index (κ2) is 5.30. The molecule has 0 saturated heterocycles. The van der Waals surface area contributed by atoms with Crippen LogP contribution in [-0.2, 0) is 6.42 Å². The van der Waals surface area contributed by atoms with Gasteiger partial charge in [-0.15, -0.1) is 0 Å². The van der Waals surface area contributed by atoms with Crippen molar-refractivity contribution in [2.75, 3.05) is 6.54 Å². The molecule has 3 heteroatoms. The monoisotopic (exact) mass is 249 g/mol. The smallest absolute Gasteiger partial charge is 0.124 e. The zero-order valence-electron chi connectivity index (χ0n) is 9.29. The van der Waals surface area contributed by atoms with E-state index in [1.165, 1.54) is 12.1 Å². The third-order valence-electron chi connectivity index (χ3n) is 2.60. The van der Waals surface area contributed by atoms with Gasteiger partial charge in [0.2, 0.25) is 0 Å². The second-order valence-electron chi connectivity index (χ2n) is 3.86. The van der Waals surface area contributed by atoms with E-state index in [2.05, 4.69) is 0 Å². The van der Waals surface area contributed by atoms with Gasteiger partial charge in [-0.1, -0.05) is 35.9 Å². The van der Waals surface area contributed by atoms with Crippen LogP contribution in [-0.4, -0.2) is 6.54 Å². The molecule has 0 fully saturated rings. The molecule has 2 rings (SSSR count). The number of hydrogen-bond acceptors (Lipinski definition) is 1. The molecule has 2 N–H and O–H groups in total. The summed E-state index contributed by atoms with van der Waals surface area (Å²) in [4.78, 5) is 0. The van der Waals surface area contributed by atoms with Crippen LogP contribution in [0.4, 0.5) is 4.39 Å². The minimum atomic E-state index is -0.322. The first-order valence-electron chi connectivity index (χ1n) is 5.45. The minimum Gasteiger partial charge on any atom is -0.330 e. The zero-order chi connectivity index (χ0) is 12.3. The molecule has 0 heterocycles. The van der Waals surface area contributed by atoms with E-state index in [0.717, 1.165) is 23.1 Å². The summed E-state index contributed by atoms with van der Waals surface area (Å²) < 4.78 is 13.0. The zero-order valence-corrected chi connectivity index (χ0v) is 10.0. The molecule has 2 aromatic rings. The SMILES string of the molecule is NCCc1cccc(-c2ccc(F)cc2Cl)c1. The lowest BCUT2D eigenvalue weighted by Gasteiger charge is -2.07. The largest absolute Gasteiger partial charge is 0.330 e. The molecule has 88 valence electrons. The topological polar surface area (TPSA) is 26.0 Å². The number of rotatable bonds is 3. The van der Waals surface area contributed by atoms with Crippen LogP contribution >= 0.6 is 11.6 Å². The standard InChI is InChI=1S/C14H13ClFN/c15-14-9-12(16)4-5-13(14)11-3-1-2-10(8-11)6-7-17/h1-5,8-9H,6-7,17H2. The Labute approximate surface area is 105 Å². The van der Waals surface area contributed by atoms with Gasteiger partial charge in [0.15, 0.2) is 0 Å². The van der Waals surface area contributed by atoms with E-state index < -0.39 is 0 Å². The lowest BCUT2D eigenvalue weighted by molar-refractivity contribution is 0.628. The highest BCUT2D eigenvalue weighted by Gasteiger charge is 2.05. The van der Waals surface area contributed by atoms with Crippen molar-refractivity contribution in [2.45, 2.75) is 6.42 Å². The summed E-state index contributed by atoms with van der Waals surface area (Å²) in [7, 11) is 0. The van der Waals surface area contributed by atoms with Crippen molar-refractivity contribution in [3.05, 3.63) is 58.9 Å².